The third-order valence-corrected chi connectivity index (χ3v) is 3.19. The van der Waals surface area contributed by atoms with E-state index in [4.69, 9.17) is 16.3 Å². The summed E-state index contributed by atoms with van der Waals surface area (Å²) < 4.78 is 6.79. The maximum Gasteiger partial charge on any atom is 0.146 e. The second-order valence-electron chi connectivity index (χ2n) is 3.20. The maximum atomic E-state index is 5.74. The smallest absolute Gasteiger partial charge is 0.146 e. The van der Waals surface area contributed by atoms with Gasteiger partial charge < -0.3 is 4.74 Å². The molecule has 2 nitrogen and oxygen atoms in total. The molecule has 0 N–H and O–H groups in total. The number of ether oxygens (including phenoxy) is 1. The summed E-state index contributed by atoms with van der Waals surface area (Å²) >= 11 is 7.97. The monoisotopic (exact) mass is 345 g/mol. The molecule has 82 valence electrons. The van der Waals surface area contributed by atoms with Gasteiger partial charge in [-0.2, -0.15) is 0 Å². The normalized spacial score (nSPS) is 10.1. The first-order chi connectivity index (χ1) is 7.79. The molecule has 4 heteroatoms. The van der Waals surface area contributed by atoms with Crippen molar-refractivity contribution in [1.29, 1.82) is 0 Å². The van der Waals surface area contributed by atoms with Crippen molar-refractivity contribution in [2.45, 2.75) is 5.88 Å². The van der Waals surface area contributed by atoms with Gasteiger partial charge in [-0.3, -0.25) is 4.98 Å². The van der Waals surface area contributed by atoms with E-state index >= 15 is 0 Å². The minimum atomic E-state index is 0.441. The van der Waals surface area contributed by atoms with Crippen LogP contribution in [0.4, 0.5) is 0 Å². The SMILES string of the molecule is ClCc1cncc(Oc2ccccc2I)c1. The minimum absolute atomic E-state index is 0.441. The zero-order chi connectivity index (χ0) is 11.4. The fourth-order valence-corrected chi connectivity index (χ4v) is 1.89. The molecule has 0 aliphatic heterocycles. The predicted molar refractivity (Wildman–Crippen MR) is 73.0 cm³/mol. The summed E-state index contributed by atoms with van der Waals surface area (Å²) in [6.07, 6.45) is 3.41. The van der Waals surface area contributed by atoms with Crippen LogP contribution in [0.3, 0.4) is 0 Å². The molecule has 1 heterocycles. The van der Waals surface area contributed by atoms with Crippen LogP contribution < -0.4 is 4.74 Å². The Bertz CT molecular complexity index is 490. The number of nitrogens with zero attached hydrogens (tertiary/aromatic N) is 1. The molecule has 0 saturated carbocycles. The van der Waals surface area contributed by atoms with E-state index in [9.17, 15) is 0 Å². The number of hydrogen-bond acceptors (Lipinski definition) is 2. The zero-order valence-corrected chi connectivity index (χ0v) is 11.3. The van der Waals surface area contributed by atoms with Crippen molar-refractivity contribution in [3.63, 3.8) is 0 Å². The van der Waals surface area contributed by atoms with E-state index in [0.717, 1.165) is 14.9 Å². The molecule has 0 radical (unpaired) electrons. The van der Waals surface area contributed by atoms with E-state index in [0.29, 0.717) is 11.6 Å². The standard InChI is InChI=1S/C12H9ClINO/c13-6-9-5-10(8-15-7-9)16-12-4-2-1-3-11(12)14/h1-5,7-8H,6H2. The van der Waals surface area contributed by atoms with Crippen LogP contribution in [-0.2, 0) is 5.88 Å². The predicted octanol–water partition coefficient (Wildman–Crippen LogP) is 4.22. The molecule has 0 spiro atoms. The largest absolute Gasteiger partial charge is 0.455 e. The molecule has 1 aromatic carbocycles. The van der Waals surface area contributed by atoms with Gasteiger partial charge in [0, 0.05) is 12.1 Å². The van der Waals surface area contributed by atoms with Gasteiger partial charge in [-0.25, -0.2) is 0 Å². The zero-order valence-electron chi connectivity index (χ0n) is 8.36. The Morgan fingerprint density at radius 2 is 2.06 bits per heavy atom. The molecule has 0 atom stereocenters. The molecule has 0 aliphatic rings. The summed E-state index contributed by atoms with van der Waals surface area (Å²) in [5, 5.41) is 0. The molecular formula is C12H9ClINO. The molecule has 0 fully saturated rings. The average Bonchev–Trinajstić information content (AvgIpc) is 2.32. The number of benzene rings is 1. The van der Waals surface area contributed by atoms with Crippen LogP contribution in [0.5, 0.6) is 11.5 Å². The van der Waals surface area contributed by atoms with Crippen molar-refractivity contribution >= 4 is 34.2 Å². The molecule has 0 unspecified atom stereocenters. The van der Waals surface area contributed by atoms with E-state index in [1.54, 1.807) is 12.4 Å². The van der Waals surface area contributed by atoms with Gasteiger partial charge in [0.15, 0.2) is 0 Å². The summed E-state index contributed by atoms with van der Waals surface area (Å²) in [4.78, 5) is 4.07. The van der Waals surface area contributed by atoms with Gasteiger partial charge >= 0.3 is 0 Å². The highest BCUT2D eigenvalue weighted by Gasteiger charge is 2.02. The summed E-state index contributed by atoms with van der Waals surface area (Å²) in [5.74, 6) is 1.98. The average molecular weight is 346 g/mol. The number of rotatable bonds is 3. The van der Waals surface area contributed by atoms with Crippen molar-refractivity contribution in [1.82, 2.24) is 4.98 Å². The number of halogens is 2. The first-order valence-corrected chi connectivity index (χ1v) is 6.33. The first-order valence-electron chi connectivity index (χ1n) is 4.72. The summed E-state index contributed by atoms with van der Waals surface area (Å²) in [5.41, 5.74) is 0.949. The minimum Gasteiger partial charge on any atom is -0.455 e. The van der Waals surface area contributed by atoms with Crippen LogP contribution in [0.25, 0.3) is 0 Å². The third kappa shape index (κ3) is 2.86. The lowest BCUT2D eigenvalue weighted by atomic mass is 10.3. The van der Waals surface area contributed by atoms with E-state index in [2.05, 4.69) is 27.6 Å². The number of aromatic nitrogens is 1. The van der Waals surface area contributed by atoms with Crippen LogP contribution >= 0.6 is 34.2 Å². The van der Waals surface area contributed by atoms with Gasteiger partial charge in [0.05, 0.1) is 9.77 Å². The second-order valence-corrected chi connectivity index (χ2v) is 4.62. The molecule has 0 amide bonds. The van der Waals surface area contributed by atoms with Crippen molar-refractivity contribution in [2.75, 3.05) is 0 Å². The van der Waals surface area contributed by atoms with Crippen LogP contribution in [0.15, 0.2) is 42.7 Å². The Hall–Kier alpha value is -0.810. The van der Waals surface area contributed by atoms with Crippen LogP contribution in [0.2, 0.25) is 0 Å². The lowest BCUT2D eigenvalue weighted by Gasteiger charge is -2.07. The highest BCUT2D eigenvalue weighted by atomic mass is 127. The molecule has 2 aromatic rings. The second kappa shape index (κ2) is 5.50. The molecular weight excluding hydrogens is 336 g/mol. The van der Waals surface area contributed by atoms with E-state index < -0.39 is 0 Å². The highest BCUT2D eigenvalue weighted by Crippen LogP contribution is 2.26. The molecule has 16 heavy (non-hydrogen) atoms. The molecule has 0 saturated heterocycles. The van der Waals surface area contributed by atoms with Gasteiger partial charge in [0.25, 0.3) is 0 Å². The van der Waals surface area contributed by atoms with Crippen molar-refractivity contribution < 1.29 is 4.74 Å². The van der Waals surface area contributed by atoms with Crippen LogP contribution in [-0.4, -0.2) is 4.98 Å². The van der Waals surface area contributed by atoms with Crippen molar-refractivity contribution in [2.24, 2.45) is 0 Å². The van der Waals surface area contributed by atoms with Gasteiger partial charge in [0.1, 0.15) is 11.5 Å². The van der Waals surface area contributed by atoms with E-state index in [1.165, 1.54) is 0 Å². The Labute approximate surface area is 113 Å². The van der Waals surface area contributed by atoms with E-state index in [1.807, 2.05) is 30.3 Å². The van der Waals surface area contributed by atoms with Gasteiger partial charge in [-0.1, -0.05) is 12.1 Å². The third-order valence-electron chi connectivity index (χ3n) is 1.99. The number of alkyl halides is 1. The first kappa shape index (κ1) is 11.7. The van der Waals surface area contributed by atoms with Crippen LogP contribution in [0.1, 0.15) is 5.56 Å². The lowest BCUT2D eigenvalue weighted by Crippen LogP contribution is -1.89. The summed E-state index contributed by atoms with van der Waals surface area (Å²) in [6.45, 7) is 0. The van der Waals surface area contributed by atoms with Gasteiger partial charge in [-0.05, 0) is 46.4 Å². The van der Waals surface area contributed by atoms with Crippen LogP contribution in [0, 0.1) is 3.57 Å². The number of hydrogen-bond donors (Lipinski definition) is 0. The van der Waals surface area contributed by atoms with Gasteiger partial charge in [0.2, 0.25) is 0 Å². The molecule has 2 rings (SSSR count). The number of pyridine rings is 1. The summed E-state index contributed by atoms with van der Waals surface area (Å²) in [6, 6.07) is 9.73. The Morgan fingerprint density at radius 1 is 1.25 bits per heavy atom. The highest BCUT2D eigenvalue weighted by molar-refractivity contribution is 14.1. The Kier molecular flexibility index (Phi) is 4.01. The molecule has 1 aromatic heterocycles. The Balaban J connectivity index is 2.24. The molecule has 0 aliphatic carbocycles. The summed E-state index contributed by atoms with van der Waals surface area (Å²) in [7, 11) is 0. The Morgan fingerprint density at radius 3 is 2.81 bits per heavy atom. The fraction of sp³-hybridized carbons (Fsp3) is 0.0833. The quantitative estimate of drug-likeness (QED) is 0.614. The van der Waals surface area contributed by atoms with Crippen molar-refractivity contribution in [3.8, 4) is 11.5 Å². The van der Waals surface area contributed by atoms with E-state index in [-0.39, 0.29) is 0 Å². The maximum absolute atomic E-state index is 5.74. The van der Waals surface area contributed by atoms with Gasteiger partial charge in [-0.15, -0.1) is 11.6 Å². The lowest BCUT2D eigenvalue weighted by molar-refractivity contribution is 0.476. The fourth-order valence-electron chi connectivity index (χ4n) is 1.25. The number of para-hydroxylation sites is 1. The molecule has 0 bridgehead atoms. The van der Waals surface area contributed by atoms with Crippen molar-refractivity contribution in [3.05, 3.63) is 51.9 Å². The topological polar surface area (TPSA) is 22.1 Å².